The highest BCUT2D eigenvalue weighted by Crippen LogP contribution is 2.12. The van der Waals surface area contributed by atoms with Crippen LogP contribution in [0.1, 0.15) is 5.82 Å². The molecule has 2 aromatic rings. The van der Waals surface area contributed by atoms with Crippen LogP contribution in [0.4, 0.5) is 10.1 Å². The summed E-state index contributed by atoms with van der Waals surface area (Å²) in [7, 11) is 0. The lowest BCUT2D eigenvalue weighted by molar-refractivity contribution is 0.225. The molecule has 0 fully saturated rings. The molecule has 1 aliphatic rings. The third kappa shape index (κ3) is 2.73. The number of para-hydroxylation sites is 1. The third-order valence-corrected chi connectivity index (χ3v) is 3.34. The van der Waals surface area contributed by atoms with E-state index in [1.54, 1.807) is 18.5 Å². The molecule has 1 aliphatic heterocycles. The van der Waals surface area contributed by atoms with Crippen molar-refractivity contribution in [1.29, 1.82) is 0 Å². The van der Waals surface area contributed by atoms with Gasteiger partial charge in [-0.2, -0.15) is 0 Å². The van der Waals surface area contributed by atoms with Crippen LogP contribution in [0, 0.1) is 5.82 Å². The SMILES string of the molecule is Fc1ccccc1NCCN1CCn2cnnc2C1. The highest BCUT2D eigenvalue weighted by molar-refractivity contribution is 5.44. The molecule has 2 heterocycles. The van der Waals surface area contributed by atoms with Gasteiger partial charge in [0.15, 0.2) is 0 Å². The lowest BCUT2D eigenvalue weighted by atomic mass is 10.3. The van der Waals surface area contributed by atoms with Gasteiger partial charge in [0.25, 0.3) is 0 Å². The first kappa shape index (κ1) is 12.1. The lowest BCUT2D eigenvalue weighted by Crippen LogP contribution is -2.36. The molecule has 0 saturated heterocycles. The number of fused-ring (bicyclic) bond motifs is 1. The number of rotatable bonds is 4. The van der Waals surface area contributed by atoms with Crippen molar-refractivity contribution >= 4 is 5.69 Å². The van der Waals surface area contributed by atoms with E-state index >= 15 is 0 Å². The van der Waals surface area contributed by atoms with Crippen molar-refractivity contribution in [2.45, 2.75) is 13.1 Å². The van der Waals surface area contributed by atoms with Crippen molar-refractivity contribution in [2.24, 2.45) is 0 Å². The molecule has 1 aromatic carbocycles. The van der Waals surface area contributed by atoms with E-state index in [2.05, 4.69) is 25.0 Å². The van der Waals surface area contributed by atoms with Crippen LogP contribution in [-0.4, -0.2) is 39.3 Å². The van der Waals surface area contributed by atoms with Gasteiger partial charge in [-0.25, -0.2) is 4.39 Å². The Labute approximate surface area is 111 Å². The molecule has 6 heteroatoms. The quantitative estimate of drug-likeness (QED) is 0.902. The molecule has 1 N–H and O–H groups in total. The van der Waals surface area contributed by atoms with Crippen molar-refractivity contribution in [3.05, 3.63) is 42.2 Å². The fourth-order valence-corrected chi connectivity index (χ4v) is 2.26. The topological polar surface area (TPSA) is 46.0 Å². The first-order valence-electron chi connectivity index (χ1n) is 6.40. The Hall–Kier alpha value is -1.95. The summed E-state index contributed by atoms with van der Waals surface area (Å²) in [4.78, 5) is 2.29. The number of hydrogen-bond acceptors (Lipinski definition) is 4. The van der Waals surface area contributed by atoms with E-state index in [-0.39, 0.29) is 5.82 Å². The molecule has 0 bridgehead atoms. The number of benzene rings is 1. The second-order valence-electron chi connectivity index (χ2n) is 4.62. The van der Waals surface area contributed by atoms with E-state index in [9.17, 15) is 4.39 Å². The molecule has 5 nitrogen and oxygen atoms in total. The Morgan fingerprint density at radius 3 is 3.05 bits per heavy atom. The highest BCUT2D eigenvalue weighted by Gasteiger charge is 2.16. The smallest absolute Gasteiger partial charge is 0.147 e. The number of nitrogens with one attached hydrogen (secondary N) is 1. The molecule has 0 amide bonds. The monoisotopic (exact) mass is 261 g/mol. The molecule has 100 valence electrons. The molecule has 0 aliphatic carbocycles. The highest BCUT2D eigenvalue weighted by atomic mass is 19.1. The van der Waals surface area contributed by atoms with Gasteiger partial charge in [0.2, 0.25) is 0 Å². The first-order chi connectivity index (χ1) is 9.33. The fourth-order valence-electron chi connectivity index (χ4n) is 2.26. The molecule has 3 rings (SSSR count). The molecular formula is C13H16FN5. The summed E-state index contributed by atoms with van der Waals surface area (Å²) in [6.07, 6.45) is 1.77. The summed E-state index contributed by atoms with van der Waals surface area (Å²) >= 11 is 0. The van der Waals surface area contributed by atoms with Crippen LogP contribution in [0.15, 0.2) is 30.6 Å². The van der Waals surface area contributed by atoms with Gasteiger partial charge in [0, 0.05) is 26.2 Å². The fraction of sp³-hybridized carbons (Fsp3) is 0.385. The van der Waals surface area contributed by atoms with Gasteiger partial charge in [-0.1, -0.05) is 12.1 Å². The van der Waals surface area contributed by atoms with E-state index < -0.39 is 0 Å². The van der Waals surface area contributed by atoms with Crippen LogP contribution in [0.2, 0.25) is 0 Å². The molecule has 0 radical (unpaired) electrons. The van der Waals surface area contributed by atoms with Crippen molar-refractivity contribution in [3.63, 3.8) is 0 Å². The van der Waals surface area contributed by atoms with Gasteiger partial charge in [-0.05, 0) is 12.1 Å². The van der Waals surface area contributed by atoms with E-state index in [1.807, 2.05) is 6.07 Å². The normalized spacial score (nSPS) is 15.2. The Bertz CT molecular complexity index is 553. The molecule has 1 aromatic heterocycles. The van der Waals surface area contributed by atoms with Crippen LogP contribution in [0.25, 0.3) is 0 Å². The van der Waals surface area contributed by atoms with Crippen molar-refractivity contribution in [2.75, 3.05) is 25.0 Å². The number of aromatic nitrogens is 3. The summed E-state index contributed by atoms with van der Waals surface area (Å²) in [6, 6.07) is 6.74. The molecule has 0 saturated carbocycles. The Balaban J connectivity index is 1.50. The predicted octanol–water partition coefficient (Wildman–Crippen LogP) is 1.34. The van der Waals surface area contributed by atoms with Crippen LogP contribution < -0.4 is 5.32 Å². The van der Waals surface area contributed by atoms with Crippen LogP contribution in [-0.2, 0) is 13.1 Å². The van der Waals surface area contributed by atoms with Crippen LogP contribution >= 0.6 is 0 Å². The van der Waals surface area contributed by atoms with Crippen molar-refractivity contribution < 1.29 is 4.39 Å². The van der Waals surface area contributed by atoms with Gasteiger partial charge < -0.3 is 9.88 Å². The maximum Gasteiger partial charge on any atom is 0.147 e. The number of hydrogen-bond donors (Lipinski definition) is 1. The lowest BCUT2D eigenvalue weighted by Gasteiger charge is -2.26. The summed E-state index contributed by atoms with van der Waals surface area (Å²) in [6.45, 7) is 4.28. The van der Waals surface area contributed by atoms with Crippen molar-refractivity contribution in [1.82, 2.24) is 19.7 Å². The summed E-state index contributed by atoms with van der Waals surface area (Å²) in [5, 5.41) is 11.1. The van der Waals surface area contributed by atoms with Gasteiger partial charge >= 0.3 is 0 Å². The van der Waals surface area contributed by atoms with Crippen molar-refractivity contribution in [3.8, 4) is 0 Å². The van der Waals surface area contributed by atoms with Gasteiger partial charge in [0.05, 0.1) is 12.2 Å². The minimum atomic E-state index is -0.208. The van der Waals surface area contributed by atoms with E-state index in [0.29, 0.717) is 5.69 Å². The molecular weight excluding hydrogens is 245 g/mol. The van der Waals surface area contributed by atoms with E-state index in [4.69, 9.17) is 0 Å². The number of nitrogens with zero attached hydrogens (tertiary/aromatic N) is 4. The van der Waals surface area contributed by atoms with E-state index in [0.717, 1.165) is 38.5 Å². The minimum Gasteiger partial charge on any atom is -0.381 e. The number of halogens is 1. The zero-order valence-corrected chi connectivity index (χ0v) is 10.6. The second-order valence-corrected chi connectivity index (χ2v) is 4.62. The summed E-state index contributed by atoms with van der Waals surface area (Å²) in [5.41, 5.74) is 0.558. The average molecular weight is 261 g/mol. The van der Waals surface area contributed by atoms with Crippen LogP contribution in [0.5, 0.6) is 0 Å². The Kier molecular flexibility index (Phi) is 3.41. The minimum absolute atomic E-state index is 0.208. The maximum atomic E-state index is 13.4. The summed E-state index contributed by atoms with van der Waals surface area (Å²) in [5.74, 6) is 0.790. The maximum absolute atomic E-state index is 13.4. The third-order valence-electron chi connectivity index (χ3n) is 3.34. The second kappa shape index (κ2) is 5.36. The Morgan fingerprint density at radius 1 is 1.26 bits per heavy atom. The average Bonchev–Trinajstić information content (AvgIpc) is 2.88. The zero-order valence-electron chi connectivity index (χ0n) is 10.6. The zero-order chi connectivity index (χ0) is 13.1. The molecule has 19 heavy (non-hydrogen) atoms. The van der Waals surface area contributed by atoms with Gasteiger partial charge in [-0.3, -0.25) is 4.90 Å². The van der Waals surface area contributed by atoms with Gasteiger partial charge in [0.1, 0.15) is 18.0 Å². The Morgan fingerprint density at radius 2 is 2.16 bits per heavy atom. The van der Waals surface area contributed by atoms with Crippen LogP contribution in [0.3, 0.4) is 0 Å². The largest absolute Gasteiger partial charge is 0.381 e. The predicted molar refractivity (Wildman–Crippen MR) is 70.2 cm³/mol. The molecule has 0 spiro atoms. The number of anilines is 1. The summed E-state index contributed by atoms with van der Waals surface area (Å²) < 4.78 is 15.5. The first-order valence-corrected chi connectivity index (χ1v) is 6.40. The van der Waals surface area contributed by atoms with Gasteiger partial charge in [-0.15, -0.1) is 10.2 Å². The molecule has 0 atom stereocenters. The molecule has 0 unspecified atom stereocenters. The van der Waals surface area contributed by atoms with E-state index in [1.165, 1.54) is 6.07 Å². The standard InChI is InChI=1S/C13H16FN5/c14-11-3-1-2-4-12(11)15-5-6-18-7-8-19-10-16-17-13(19)9-18/h1-4,10,15H,5-9H2.